The Morgan fingerprint density at radius 1 is 1.08 bits per heavy atom. The lowest BCUT2D eigenvalue weighted by Crippen LogP contribution is -2.27. The van der Waals surface area contributed by atoms with E-state index < -0.39 is 17.5 Å². The van der Waals surface area contributed by atoms with E-state index in [0.29, 0.717) is 29.1 Å². The minimum Gasteiger partial charge on any atom is -0.494 e. The van der Waals surface area contributed by atoms with Crippen LogP contribution < -0.4 is 20.4 Å². The highest BCUT2D eigenvalue weighted by Gasteiger charge is 2.16. The molecule has 0 bridgehead atoms. The van der Waals surface area contributed by atoms with E-state index in [1.165, 1.54) is 36.6 Å². The van der Waals surface area contributed by atoms with Crippen molar-refractivity contribution in [3.8, 4) is 17.6 Å². The number of carbonyl (C=O) groups excluding carboxylic acids is 2. The number of esters is 1. The van der Waals surface area contributed by atoms with Crippen LogP contribution >= 0.6 is 0 Å². The molecule has 192 valence electrons. The quantitative estimate of drug-likeness (QED) is 0.0783. The zero-order valence-corrected chi connectivity index (χ0v) is 20.6. The number of carbonyl (C=O) groups is 2. The Kier molecular flexibility index (Phi) is 8.36. The van der Waals surface area contributed by atoms with E-state index in [0.717, 1.165) is 12.8 Å². The average molecular weight is 513 g/mol. The maximum atomic E-state index is 12.6. The molecule has 0 aliphatic heterocycles. The van der Waals surface area contributed by atoms with E-state index >= 15 is 0 Å². The van der Waals surface area contributed by atoms with Crippen LogP contribution in [0.25, 0.3) is 17.0 Å². The van der Waals surface area contributed by atoms with E-state index in [2.05, 4.69) is 12.2 Å². The van der Waals surface area contributed by atoms with Gasteiger partial charge in [-0.05, 0) is 60.5 Å². The Hall–Kier alpha value is -5.10. The largest absolute Gasteiger partial charge is 0.494 e. The van der Waals surface area contributed by atoms with Gasteiger partial charge in [-0.25, -0.2) is 9.59 Å². The van der Waals surface area contributed by atoms with Gasteiger partial charge in [-0.15, -0.1) is 0 Å². The number of fused-ring (bicyclic) bond motifs is 1. The lowest BCUT2D eigenvalue weighted by molar-refractivity contribution is -0.129. The molecule has 2 heterocycles. The number of hydrogen-bond acceptors (Lipinski definition) is 8. The van der Waals surface area contributed by atoms with Gasteiger partial charge in [0, 0.05) is 11.5 Å². The molecule has 38 heavy (non-hydrogen) atoms. The van der Waals surface area contributed by atoms with Crippen LogP contribution in [0, 0.1) is 11.3 Å². The van der Waals surface area contributed by atoms with E-state index in [4.69, 9.17) is 18.3 Å². The number of benzene rings is 2. The molecule has 1 N–H and O–H groups in total. The van der Waals surface area contributed by atoms with Crippen molar-refractivity contribution in [2.75, 3.05) is 6.61 Å². The van der Waals surface area contributed by atoms with Crippen LogP contribution in [0.1, 0.15) is 41.4 Å². The molecule has 0 fully saturated rings. The van der Waals surface area contributed by atoms with Crippen molar-refractivity contribution in [3.05, 3.63) is 99.8 Å². The maximum absolute atomic E-state index is 12.6. The third-order valence-electron chi connectivity index (χ3n) is 5.46. The lowest BCUT2D eigenvalue weighted by atomic mass is 10.1. The third kappa shape index (κ3) is 6.56. The van der Waals surface area contributed by atoms with E-state index in [9.17, 15) is 19.6 Å². The fourth-order valence-corrected chi connectivity index (χ4v) is 3.45. The molecule has 4 aromatic rings. The summed E-state index contributed by atoms with van der Waals surface area (Å²) in [4.78, 5) is 37.4. The molecule has 2 aromatic heterocycles. The summed E-state index contributed by atoms with van der Waals surface area (Å²) in [6, 6.07) is 18.0. The fourth-order valence-electron chi connectivity index (χ4n) is 3.45. The molecule has 0 aliphatic carbocycles. The number of hydrogen-bond donors (Lipinski definition) is 1. The molecule has 0 unspecified atom stereocenters. The number of nitriles is 1. The van der Waals surface area contributed by atoms with Crippen LogP contribution in [0.2, 0.25) is 0 Å². The summed E-state index contributed by atoms with van der Waals surface area (Å²) in [7, 11) is 0. The first-order chi connectivity index (χ1) is 18.5. The Morgan fingerprint density at radius 3 is 2.58 bits per heavy atom. The minimum atomic E-state index is -0.869. The number of rotatable bonds is 10. The van der Waals surface area contributed by atoms with Gasteiger partial charge in [0.15, 0.2) is 0 Å². The lowest BCUT2D eigenvalue weighted by Gasteiger charge is -2.07. The number of ether oxygens (including phenoxy) is 2. The normalized spacial score (nSPS) is 11.1. The SMILES string of the molecule is CCCCOc1ccc(/C=C(\C#N)C(=O)Oc2ccc3cc(C(=O)NCc4ccco4)c(=O)oc3c2)cc1. The molecule has 0 saturated carbocycles. The molecular weight excluding hydrogens is 488 g/mol. The van der Waals surface area contributed by atoms with Gasteiger partial charge in [0.1, 0.15) is 40.0 Å². The van der Waals surface area contributed by atoms with Crippen LogP contribution in [0.5, 0.6) is 11.5 Å². The predicted molar refractivity (Wildman–Crippen MR) is 138 cm³/mol. The monoisotopic (exact) mass is 512 g/mol. The zero-order chi connectivity index (χ0) is 26.9. The van der Waals surface area contributed by atoms with Crippen molar-refractivity contribution < 1.29 is 27.9 Å². The standard InChI is InChI=1S/C29H24N2O7/c1-2-3-12-35-22-9-6-19(7-10-22)14-21(17-30)28(33)37-23-11-8-20-15-25(29(34)38-26(20)16-23)27(32)31-18-24-5-4-13-36-24/h4-11,13-16H,2-3,12,18H2,1H3,(H,31,32)/b21-14+. The number of furan rings is 1. The molecule has 2 aromatic carbocycles. The van der Waals surface area contributed by atoms with Crippen LogP contribution in [-0.2, 0) is 11.3 Å². The minimum absolute atomic E-state index is 0.0708. The van der Waals surface area contributed by atoms with Gasteiger partial charge in [0.05, 0.1) is 19.4 Å². The van der Waals surface area contributed by atoms with Gasteiger partial charge < -0.3 is 23.6 Å². The summed E-state index contributed by atoms with van der Waals surface area (Å²) in [6.07, 6.45) is 4.87. The molecule has 0 saturated heterocycles. The number of unbranched alkanes of at least 4 members (excludes halogenated alkanes) is 1. The van der Waals surface area contributed by atoms with Crippen molar-refractivity contribution in [1.82, 2.24) is 5.32 Å². The Balaban J connectivity index is 1.45. The highest BCUT2D eigenvalue weighted by atomic mass is 16.5. The summed E-state index contributed by atoms with van der Waals surface area (Å²) >= 11 is 0. The molecule has 9 heteroatoms. The second-order valence-electron chi connectivity index (χ2n) is 8.24. The highest BCUT2D eigenvalue weighted by molar-refractivity contribution is 5.99. The summed E-state index contributed by atoms with van der Waals surface area (Å²) in [6.45, 7) is 2.81. The van der Waals surface area contributed by atoms with Crippen molar-refractivity contribution >= 4 is 28.9 Å². The molecule has 9 nitrogen and oxygen atoms in total. The maximum Gasteiger partial charge on any atom is 0.354 e. The van der Waals surface area contributed by atoms with Gasteiger partial charge in [-0.3, -0.25) is 4.79 Å². The summed E-state index contributed by atoms with van der Waals surface area (Å²) < 4.78 is 21.4. The number of nitrogens with zero attached hydrogens (tertiary/aromatic N) is 1. The molecule has 0 radical (unpaired) electrons. The first-order valence-electron chi connectivity index (χ1n) is 11.9. The Morgan fingerprint density at radius 2 is 1.87 bits per heavy atom. The zero-order valence-electron chi connectivity index (χ0n) is 20.6. The number of amides is 1. The first kappa shape index (κ1) is 26.0. The number of nitrogens with one attached hydrogen (secondary N) is 1. The highest BCUT2D eigenvalue weighted by Crippen LogP contribution is 2.22. The van der Waals surface area contributed by atoms with Crippen molar-refractivity contribution in [1.29, 1.82) is 5.26 Å². The molecule has 1 amide bonds. The third-order valence-corrected chi connectivity index (χ3v) is 5.46. The van der Waals surface area contributed by atoms with E-state index in [1.807, 2.05) is 6.07 Å². The second kappa shape index (κ2) is 12.2. The molecule has 0 spiro atoms. The van der Waals surface area contributed by atoms with E-state index in [-0.39, 0.29) is 29.0 Å². The average Bonchev–Trinajstić information content (AvgIpc) is 3.44. The fraction of sp³-hybridized carbons (Fsp3) is 0.172. The molecule has 4 rings (SSSR count). The Labute approximate surface area is 217 Å². The summed E-state index contributed by atoms with van der Waals surface area (Å²) in [5.74, 6) is -0.175. The van der Waals surface area contributed by atoms with Crippen LogP contribution in [0.15, 0.2) is 86.1 Å². The molecule has 0 aliphatic rings. The van der Waals surface area contributed by atoms with Gasteiger partial charge in [-0.1, -0.05) is 25.5 Å². The van der Waals surface area contributed by atoms with E-state index in [1.54, 1.807) is 36.4 Å². The topological polar surface area (TPSA) is 132 Å². The van der Waals surface area contributed by atoms with Crippen LogP contribution in [0.3, 0.4) is 0 Å². The first-order valence-corrected chi connectivity index (χ1v) is 11.9. The molecule has 0 atom stereocenters. The van der Waals surface area contributed by atoms with Crippen molar-refractivity contribution in [3.63, 3.8) is 0 Å². The van der Waals surface area contributed by atoms with Crippen LogP contribution in [-0.4, -0.2) is 18.5 Å². The van der Waals surface area contributed by atoms with Gasteiger partial charge in [-0.2, -0.15) is 5.26 Å². The van der Waals surface area contributed by atoms with Gasteiger partial charge in [0.2, 0.25) is 0 Å². The van der Waals surface area contributed by atoms with Crippen LogP contribution in [0.4, 0.5) is 0 Å². The predicted octanol–water partition coefficient (Wildman–Crippen LogP) is 5.01. The summed E-state index contributed by atoms with van der Waals surface area (Å²) in [5.41, 5.74) is -0.495. The Bertz CT molecular complexity index is 1560. The second-order valence-corrected chi connectivity index (χ2v) is 8.24. The van der Waals surface area contributed by atoms with Crippen molar-refractivity contribution in [2.45, 2.75) is 26.3 Å². The van der Waals surface area contributed by atoms with Crippen molar-refractivity contribution in [2.24, 2.45) is 0 Å². The smallest absolute Gasteiger partial charge is 0.354 e. The van der Waals surface area contributed by atoms with Gasteiger partial charge >= 0.3 is 11.6 Å². The molecular formula is C29H24N2O7. The van der Waals surface area contributed by atoms with Gasteiger partial charge in [0.25, 0.3) is 5.91 Å². The summed E-state index contributed by atoms with van der Waals surface area (Å²) in [5, 5.41) is 12.5.